The Morgan fingerprint density at radius 3 is 2.67 bits per heavy atom. The third kappa shape index (κ3) is 6.40. The van der Waals surface area contributed by atoms with Crippen LogP contribution in [0.5, 0.6) is 0 Å². The van der Waals surface area contributed by atoms with E-state index in [1.807, 2.05) is 31.2 Å². The van der Waals surface area contributed by atoms with Crippen molar-refractivity contribution in [1.29, 1.82) is 0 Å². The molecule has 1 aromatic rings. The number of carbonyl (C=O) groups is 2. The van der Waals surface area contributed by atoms with Crippen molar-refractivity contribution in [1.82, 2.24) is 5.32 Å². The minimum atomic E-state index is -0.982. The second-order valence-corrected chi connectivity index (χ2v) is 5.03. The van der Waals surface area contributed by atoms with Crippen LogP contribution in [-0.2, 0) is 27.4 Å². The van der Waals surface area contributed by atoms with E-state index in [4.69, 9.17) is 9.84 Å². The molecule has 0 aliphatic carbocycles. The van der Waals surface area contributed by atoms with Crippen LogP contribution in [0.2, 0.25) is 0 Å². The number of unbranched alkanes of at least 4 members (excludes halogenated alkanes) is 1. The van der Waals surface area contributed by atoms with Gasteiger partial charge < -0.3 is 15.2 Å². The fraction of sp³-hybridized carbons (Fsp3) is 0.500. The minimum absolute atomic E-state index is 0.174. The predicted molar refractivity (Wildman–Crippen MR) is 80.0 cm³/mol. The monoisotopic (exact) mass is 293 g/mol. The van der Waals surface area contributed by atoms with Crippen LogP contribution in [0.1, 0.15) is 37.3 Å². The van der Waals surface area contributed by atoms with Crippen LogP contribution in [0.15, 0.2) is 24.3 Å². The first-order valence-corrected chi connectivity index (χ1v) is 7.15. The van der Waals surface area contributed by atoms with Crippen LogP contribution in [0.4, 0.5) is 0 Å². The largest absolute Gasteiger partial charge is 0.480 e. The summed E-state index contributed by atoms with van der Waals surface area (Å²) in [5.41, 5.74) is 1.84. The molecule has 0 spiro atoms. The van der Waals surface area contributed by atoms with Gasteiger partial charge in [0.15, 0.2) is 0 Å². The van der Waals surface area contributed by atoms with Gasteiger partial charge in [-0.15, -0.1) is 0 Å². The number of methoxy groups -OCH3 is 1. The molecule has 0 bridgehead atoms. The number of ether oxygens (including phenoxy) is 1. The molecule has 0 saturated heterocycles. The third-order valence-corrected chi connectivity index (χ3v) is 3.15. The fourth-order valence-corrected chi connectivity index (χ4v) is 2.09. The summed E-state index contributed by atoms with van der Waals surface area (Å²) in [6.45, 7) is 2.48. The molecule has 0 aliphatic heterocycles. The number of carbonyl (C=O) groups excluding carboxylic acids is 1. The molecule has 0 heterocycles. The van der Waals surface area contributed by atoms with Crippen LogP contribution in [0.25, 0.3) is 0 Å². The second kappa shape index (κ2) is 9.13. The first-order chi connectivity index (χ1) is 10.1. The number of carboxylic acid groups (broad SMARTS) is 1. The minimum Gasteiger partial charge on any atom is -0.480 e. The highest BCUT2D eigenvalue weighted by Gasteiger charge is 2.19. The normalized spacial score (nSPS) is 11.9. The highest BCUT2D eigenvalue weighted by molar-refractivity contribution is 5.84. The van der Waals surface area contributed by atoms with Crippen molar-refractivity contribution in [2.45, 2.75) is 45.3 Å². The molecule has 1 rings (SSSR count). The molecule has 116 valence electrons. The fourth-order valence-electron chi connectivity index (χ4n) is 2.09. The van der Waals surface area contributed by atoms with E-state index in [0.29, 0.717) is 13.0 Å². The summed E-state index contributed by atoms with van der Waals surface area (Å²) in [5, 5.41) is 11.7. The van der Waals surface area contributed by atoms with Crippen molar-refractivity contribution >= 4 is 11.9 Å². The Hall–Kier alpha value is -1.88. The number of benzene rings is 1. The molecule has 0 radical (unpaired) electrons. The Kier molecular flexibility index (Phi) is 7.46. The maximum Gasteiger partial charge on any atom is 0.326 e. The second-order valence-electron chi connectivity index (χ2n) is 5.03. The predicted octanol–water partition coefficient (Wildman–Crippen LogP) is 2.14. The van der Waals surface area contributed by atoms with Crippen molar-refractivity contribution in [2.75, 3.05) is 7.11 Å². The van der Waals surface area contributed by atoms with Crippen LogP contribution >= 0.6 is 0 Å². The molecule has 0 fully saturated rings. The van der Waals surface area contributed by atoms with Gasteiger partial charge in [0.05, 0.1) is 13.0 Å². The third-order valence-electron chi connectivity index (χ3n) is 3.15. The van der Waals surface area contributed by atoms with E-state index in [-0.39, 0.29) is 12.3 Å². The number of hydrogen-bond donors (Lipinski definition) is 2. The number of nitrogens with one attached hydrogen (secondary N) is 1. The van der Waals surface area contributed by atoms with Crippen molar-refractivity contribution < 1.29 is 19.4 Å². The van der Waals surface area contributed by atoms with Crippen molar-refractivity contribution in [3.63, 3.8) is 0 Å². The Morgan fingerprint density at radius 1 is 1.33 bits per heavy atom. The van der Waals surface area contributed by atoms with Gasteiger partial charge in [0.25, 0.3) is 0 Å². The summed E-state index contributed by atoms with van der Waals surface area (Å²) in [5.74, 6) is -1.25. The molecule has 0 saturated carbocycles. The van der Waals surface area contributed by atoms with Crippen LogP contribution < -0.4 is 5.32 Å². The topological polar surface area (TPSA) is 75.6 Å². The molecule has 1 aromatic carbocycles. The lowest BCUT2D eigenvalue weighted by Gasteiger charge is -2.14. The van der Waals surface area contributed by atoms with Gasteiger partial charge in [0.2, 0.25) is 5.91 Å². The van der Waals surface area contributed by atoms with Crippen LogP contribution in [0.3, 0.4) is 0 Å². The number of hydrogen-bond acceptors (Lipinski definition) is 3. The molecule has 1 atom stereocenters. The van der Waals surface area contributed by atoms with Crippen LogP contribution in [-0.4, -0.2) is 30.1 Å². The number of amides is 1. The molecule has 21 heavy (non-hydrogen) atoms. The van der Waals surface area contributed by atoms with E-state index in [1.165, 1.54) is 0 Å². The SMILES string of the molecule is CCCCC(NC(=O)Cc1cccc(COC)c1)C(=O)O. The number of aliphatic carboxylic acids is 1. The van der Waals surface area contributed by atoms with Crippen molar-refractivity contribution in [2.24, 2.45) is 0 Å². The smallest absolute Gasteiger partial charge is 0.326 e. The highest BCUT2D eigenvalue weighted by atomic mass is 16.5. The average Bonchev–Trinajstić information content (AvgIpc) is 2.44. The van der Waals surface area contributed by atoms with E-state index < -0.39 is 12.0 Å². The summed E-state index contributed by atoms with van der Waals surface area (Å²) in [4.78, 5) is 23.1. The van der Waals surface area contributed by atoms with Gasteiger partial charge >= 0.3 is 5.97 Å². The van der Waals surface area contributed by atoms with E-state index in [1.54, 1.807) is 7.11 Å². The molecule has 1 unspecified atom stereocenters. The van der Waals surface area contributed by atoms with Gasteiger partial charge in [-0.1, -0.05) is 44.0 Å². The van der Waals surface area contributed by atoms with E-state index in [2.05, 4.69) is 5.32 Å². The summed E-state index contributed by atoms with van der Waals surface area (Å²) in [6.07, 6.45) is 2.31. The van der Waals surface area contributed by atoms with Gasteiger partial charge in [-0.3, -0.25) is 4.79 Å². The standard InChI is InChI=1S/C16H23NO4/c1-3-4-8-14(16(19)20)17-15(18)10-12-6-5-7-13(9-12)11-21-2/h5-7,9,14H,3-4,8,10-11H2,1-2H3,(H,17,18)(H,19,20). The first kappa shape index (κ1) is 17.2. The van der Waals surface area contributed by atoms with Gasteiger partial charge in [-0.05, 0) is 17.5 Å². The van der Waals surface area contributed by atoms with Crippen LogP contribution in [0, 0.1) is 0 Å². The lowest BCUT2D eigenvalue weighted by molar-refractivity contribution is -0.142. The molecule has 1 amide bonds. The number of carboxylic acids is 1. The van der Waals surface area contributed by atoms with Crippen molar-refractivity contribution in [3.8, 4) is 0 Å². The average molecular weight is 293 g/mol. The van der Waals surface area contributed by atoms with Gasteiger partial charge in [-0.2, -0.15) is 0 Å². The summed E-state index contributed by atoms with van der Waals surface area (Å²) in [6, 6.07) is 6.72. The molecular formula is C16H23NO4. The first-order valence-electron chi connectivity index (χ1n) is 7.15. The zero-order chi connectivity index (χ0) is 15.7. The molecule has 2 N–H and O–H groups in total. The molecule has 0 aromatic heterocycles. The molecule has 0 aliphatic rings. The van der Waals surface area contributed by atoms with Gasteiger partial charge in [0.1, 0.15) is 6.04 Å². The molecule has 5 heteroatoms. The van der Waals surface area contributed by atoms with E-state index >= 15 is 0 Å². The van der Waals surface area contributed by atoms with E-state index in [0.717, 1.165) is 24.0 Å². The Bertz CT molecular complexity index is 473. The van der Waals surface area contributed by atoms with E-state index in [9.17, 15) is 9.59 Å². The lowest BCUT2D eigenvalue weighted by Crippen LogP contribution is -2.41. The Morgan fingerprint density at radius 2 is 2.05 bits per heavy atom. The quantitative estimate of drug-likeness (QED) is 0.731. The lowest BCUT2D eigenvalue weighted by atomic mass is 10.1. The van der Waals surface area contributed by atoms with Gasteiger partial charge in [-0.25, -0.2) is 4.79 Å². The summed E-state index contributed by atoms with van der Waals surface area (Å²) < 4.78 is 5.05. The molecular weight excluding hydrogens is 270 g/mol. The Balaban J connectivity index is 2.58. The van der Waals surface area contributed by atoms with Gasteiger partial charge in [0, 0.05) is 7.11 Å². The number of rotatable bonds is 9. The molecule has 5 nitrogen and oxygen atoms in total. The summed E-state index contributed by atoms with van der Waals surface area (Å²) >= 11 is 0. The van der Waals surface area contributed by atoms with Crippen molar-refractivity contribution in [3.05, 3.63) is 35.4 Å². The Labute approximate surface area is 125 Å². The zero-order valence-corrected chi connectivity index (χ0v) is 12.6. The highest BCUT2D eigenvalue weighted by Crippen LogP contribution is 2.08. The zero-order valence-electron chi connectivity index (χ0n) is 12.6. The maximum absolute atomic E-state index is 12.0. The summed E-state index contributed by atoms with van der Waals surface area (Å²) in [7, 11) is 1.62. The maximum atomic E-state index is 12.0.